The van der Waals surface area contributed by atoms with E-state index in [1.165, 1.54) is 0 Å². The van der Waals surface area contributed by atoms with Crippen molar-refractivity contribution in [3.63, 3.8) is 0 Å². The third-order valence-electron chi connectivity index (χ3n) is 2.53. The van der Waals surface area contributed by atoms with Crippen molar-refractivity contribution in [1.82, 2.24) is 0 Å². The molecule has 0 heterocycles. The number of amides is 1. The third-order valence-corrected chi connectivity index (χ3v) is 4.86. The first kappa shape index (κ1) is 18.8. The zero-order valence-corrected chi connectivity index (χ0v) is 13.6. The van der Waals surface area contributed by atoms with E-state index in [4.69, 9.17) is 27.6 Å². The minimum absolute atomic E-state index is 0.0507. The first-order valence-electron chi connectivity index (χ1n) is 5.86. The molecule has 1 aromatic rings. The first-order chi connectivity index (χ1) is 9.96. The first-order valence-corrected chi connectivity index (χ1v) is 9.33. The van der Waals surface area contributed by atoms with E-state index in [9.17, 15) is 21.6 Å². The van der Waals surface area contributed by atoms with E-state index in [-0.39, 0.29) is 23.7 Å². The second-order valence-electron chi connectivity index (χ2n) is 4.31. The van der Waals surface area contributed by atoms with Gasteiger partial charge in [-0.25, -0.2) is 27.1 Å². The molecule has 0 aliphatic rings. The predicted octanol–water partition coefficient (Wildman–Crippen LogP) is -0.688. The van der Waals surface area contributed by atoms with Crippen molar-refractivity contribution in [2.45, 2.75) is 22.6 Å². The standard InChI is InChI=1S/C10H15ClN4O5S2/c11-6-4-7(15-10(16)2-1-3-12)9(22(14,19)20)5-8(6)21(13,17)18/h4-5H,1-3,12H2,(H,15,16)(H2,13,17,18)(H2,14,19,20). The number of anilines is 1. The second kappa shape index (κ2) is 6.89. The summed E-state index contributed by atoms with van der Waals surface area (Å²) < 4.78 is 45.9. The Morgan fingerprint density at radius 1 is 1.09 bits per heavy atom. The van der Waals surface area contributed by atoms with Gasteiger partial charge in [0.15, 0.2) is 0 Å². The molecule has 0 saturated carbocycles. The van der Waals surface area contributed by atoms with Crippen molar-refractivity contribution in [3.05, 3.63) is 17.2 Å². The SMILES string of the molecule is NCCCC(=O)Nc1cc(Cl)c(S(N)(=O)=O)cc1S(N)(=O)=O. The van der Waals surface area contributed by atoms with Gasteiger partial charge in [0.05, 0.1) is 10.7 Å². The van der Waals surface area contributed by atoms with Crippen molar-refractivity contribution >= 4 is 43.2 Å². The summed E-state index contributed by atoms with van der Waals surface area (Å²) in [6.07, 6.45) is 0.439. The monoisotopic (exact) mass is 370 g/mol. The normalized spacial score (nSPS) is 12.2. The lowest BCUT2D eigenvalue weighted by atomic mass is 10.2. The highest BCUT2D eigenvalue weighted by Crippen LogP contribution is 2.30. The lowest BCUT2D eigenvalue weighted by Gasteiger charge is -2.12. The van der Waals surface area contributed by atoms with Crippen LogP contribution < -0.4 is 21.3 Å². The van der Waals surface area contributed by atoms with E-state index >= 15 is 0 Å². The fourth-order valence-electron chi connectivity index (χ4n) is 1.56. The topological polar surface area (TPSA) is 175 Å². The molecule has 22 heavy (non-hydrogen) atoms. The van der Waals surface area contributed by atoms with Gasteiger partial charge in [0.2, 0.25) is 26.0 Å². The van der Waals surface area contributed by atoms with Gasteiger partial charge in [-0.1, -0.05) is 11.6 Å². The molecule has 0 spiro atoms. The molecule has 0 unspecified atom stereocenters. The van der Waals surface area contributed by atoms with Gasteiger partial charge in [0, 0.05) is 6.42 Å². The molecule has 1 amide bonds. The minimum Gasteiger partial charge on any atom is -0.330 e. The molecule has 1 aromatic carbocycles. The molecule has 0 saturated heterocycles. The maximum Gasteiger partial charge on any atom is 0.240 e. The number of sulfonamides is 2. The molecular formula is C10H15ClN4O5S2. The van der Waals surface area contributed by atoms with Crippen LogP contribution in [-0.2, 0) is 24.8 Å². The van der Waals surface area contributed by atoms with Gasteiger partial charge in [-0.05, 0) is 25.1 Å². The molecule has 7 N–H and O–H groups in total. The Kier molecular flexibility index (Phi) is 5.89. The second-order valence-corrected chi connectivity index (χ2v) is 7.78. The average molecular weight is 371 g/mol. The Bertz CT molecular complexity index is 792. The van der Waals surface area contributed by atoms with Crippen molar-refractivity contribution in [1.29, 1.82) is 0 Å². The summed E-state index contributed by atoms with van der Waals surface area (Å²) in [7, 11) is -8.57. The maximum atomic E-state index is 11.7. The van der Waals surface area contributed by atoms with Crippen LogP contribution in [-0.4, -0.2) is 29.3 Å². The molecule has 0 aromatic heterocycles. The van der Waals surface area contributed by atoms with Gasteiger partial charge in [0.25, 0.3) is 0 Å². The molecule has 0 fully saturated rings. The molecule has 0 bridgehead atoms. The van der Waals surface area contributed by atoms with Crippen LogP contribution in [0, 0.1) is 0 Å². The smallest absolute Gasteiger partial charge is 0.240 e. The van der Waals surface area contributed by atoms with Gasteiger partial charge in [0.1, 0.15) is 9.79 Å². The average Bonchev–Trinajstić information content (AvgIpc) is 2.33. The van der Waals surface area contributed by atoms with Crippen LogP contribution in [0.3, 0.4) is 0 Å². The summed E-state index contributed by atoms with van der Waals surface area (Å²) in [6.45, 7) is 0.278. The predicted molar refractivity (Wildman–Crippen MR) is 81.1 cm³/mol. The van der Waals surface area contributed by atoms with Crippen LogP contribution in [0.4, 0.5) is 5.69 Å². The number of benzene rings is 1. The zero-order valence-electron chi connectivity index (χ0n) is 11.2. The summed E-state index contributed by atoms with van der Waals surface area (Å²) in [6, 6.07) is 1.66. The third kappa shape index (κ3) is 4.90. The van der Waals surface area contributed by atoms with Crippen LogP contribution in [0.5, 0.6) is 0 Å². The molecule has 1 rings (SSSR count). The summed E-state index contributed by atoms with van der Waals surface area (Å²) >= 11 is 5.76. The van der Waals surface area contributed by atoms with Crippen LogP contribution in [0.15, 0.2) is 21.9 Å². The summed E-state index contributed by atoms with van der Waals surface area (Å²) in [4.78, 5) is 10.4. The van der Waals surface area contributed by atoms with Crippen LogP contribution in [0.25, 0.3) is 0 Å². The van der Waals surface area contributed by atoms with E-state index in [2.05, 4.69) is 5.32 Å². The van der Waals surface area contributed by atoms with Crippen LogP contribution >= 0.6 is 11.6 Å². The number of nitrogens with one attached hydrogen (secondary N) is 1. The highest BCUT2D eigenvalue weighted by atomic mass is 35.5. The lowest BCUT2D eigenvalue weighted by Crippen LogP contribution is -2.21. The van der Waals surface area contributed by atoms with E-state index in [1.54, 1.807) is 0 Å². The Balaban J connectivity index is 3.40. The van der Waals surface area contributed by atoms with Crippen molar-refractivity contribution in [2.24, 2.45) is 16.0 Å². The van der Waals surface area contributed by atoms with Gasteiger partial charge in [-0.15, -0.1) is 0 Å². The van der Waals surface area contributed by atoms with E-state index < -0.39 is 35.7 Å². The van der Waals surface area contributed by atoms with E-state index in [1.807, 2.05) is 0 Å². The number of hydrogen-bond acceptors (Lipinski definition) is 6. The Morgan fingerprint density at radius 2 is 1.64 bits per heavy atom. The quantitative estimate of drug-likeness (QED) is 0.515. The molecule has 0 aliphatic carbocycles. The number of rotatable bonds is 6. The highest BCUT2D eigenvalue weighted by Gasteiger charge is 2.23. The van der Waals surface area contributed by atoms with Gasteiger partial charge in [-0.2, -0.15) is 0 Å². The van der Waals surface area contributed by atoms with Crippen molar-refractivity contribution < 1.29 is 21.6 Å². The van der Waals surface area contributed by atoms with Gasteiger partial charge in [-0.3, -0.25) is 4.79 Å². The molecule has 124 valence electrons. The minimum atomic E-state index is -4.32. The van der Waals surface area contributed by atoms with E-state index in [0.29, 0.717) is 12.5 Å². The highest BCUT2D eigenvalue weighted by molar-refractivity contribution is 7.90. The van der Waals surface area contributed by atoms with Gasteiger partial charge < -0.3 is 11.1 Å². The lowest BCUT2D eigenvalue weighted by molar-refractivity contribution is -0.116. The number of carbonyl (C=O) groups excluding carboxylic acids is 1. The van der Waals surface area contributed by atoms with Crippen molar-refractivity contribution in [2.75, 3.05) is 11.9 Å². The molecule has 12 heteroatoms. The Hall–Kier alpha value is -1.24. The number of hydrogen-bond donors (Lipinski definition) is 4. The summed E-state index contributed by atoms with van der Waals surface area (Å²) in [5.41, 5.74) is 5.03. The summed E-state index contributed by atoms with van der Waals surface area (Å²) in [5, 5.41) is 11.9. The van der Waals surface area contributed by atoms with Crippen molar-refractivity contribution in [3.8, 4) is 0 Å². The fourth-order valence-corrected chi connectivity index (χ4v) is 3.43. The number of primary sulfonamides is 2. The summed E-state index contributed by atoms with van der Waals surface area (Å²) in [5.74, 6) is -0.519. The zero-order chi connectivity index (χ0) is 17.1. The largest absolute Gasteiger partial charge is 0.330 e. The molecule has 9 nitrogen and oxygen atoms in total. The Labute approximate surface area is 132 Å². The van der Waals surface area contributed by atoms with Crippen LogP contribution in [0.2, 0.25) is 5.02 Å². The number of halogens is 1. The molecular weight excluding hydrogens is 356 g/mol. The van der Waals surface area contributed by atoms with Crippen LogP contribution in [0.1, 0.15) is 12.8 Å². The molecule has 0 atom stereocenters. The Morgan fingerprint density at radius 3 is 2.09 bits per heavy atom. The maximum absolute atomic E-state index is 11.7. The molecule has 0 radical (unpaired) electrons. The molecule has 0 aliphatic heterocycles. The van der Waals surface area contributed by atoms with Gasteiger partial charge >= 0.3 is 0 Å². The number of nitrogens with two attached hydrogens (primary N) is 3. The van der Waals surface area contributed by atoms with E-state index in [0.717, 1.165) is 6.07 Å². The fraction of sp³-hybridized carbons (Fsp3) is 0.300. The number of carbonyl (C=O) groups is 1.